The van der Waals surface area contributed by atoms with Crippen molar-refractivity contribution in [1.29, 1.82) is 0 Å². The van der Waals surface area contributed by atoms with Gasteiger partial charge < -0.3 is 20.1 Å². The van der Waals surface area contributed by atoms with E-state index in [-0.39, 0.29) is 18.7 Å². The van der Waals surface area contributed by atoms with Crippen molar-refractivity contribution in [3.63, 3.8) is 0 Å². The van der Waals surface area contributed by atoms with Crippen LogP contribution in [0.4, 0.5) is 13.2 Å². The number of H-pyrrole nitrogens is 1. The maximum Gasteiger partial charge on any atom is 0.431 e. The molecule has 2 fully saturated rings. The van der Waals surface area contributed by atoms with Crippen LogP contribution < -0.4 is 5.56 Å². The number of carbonyl (C=O) groups excluding carboxylic acids is 1. The van der Waals surface area contributed by atoms with Gasteiger partial charge in [-0.1, -0.05) is 0 Å². The number of piperidine rings is 1. The van der Waals surface area contributed by atoms with Crippen molar-refractivity contribution in [2.45, 2.75) is 37.6 Å². The van der Waals surface area contributed by atoms with Crippen molar-refractivity contribution in [1.82, 2.24) is 9.88 Å². The second kappa shape index (κ2) is 5.59. The highest BCUT2D eigenvalue weighted by molar-refractivity contribution is 5.93. The minimum absolute atomic E-state index is 0.230. The normalized spacial score (nSPS) is 26.3. The van der Waals surface area contributed by atoms with Gasteiger partial charge in [-0.25, -0.2) is 0 Å². The Morgan fingerprint density at radius 3 is 2.25 bits per heavy atom. The predicted octanol–water partition coefficient (Wildman–Crippen LogP) is 0.742. The number of nitrogens with zero attached hydrogens (tertiary/aromatic N) is 1. The number of aromatic nitrogens is 1. The second-order valence-corrected chi connectivity index (χ2v) is 6.41. The molecule has 1 aliphatic carbocycles. The highest BCUT2D eigenvalue weighted by atomic mass is 19.4. The summed E-state index contributed by atoms with van der Waals surface area (Å²) in [6, 6.07) is 1.54. The molecule has 2 aliphatic rings. The van der Waals surface area contributed by atoms with E-state index in [0.717, 1.165) is 6.07 Å². The number of aromatic amines is 1. The van der Waals surface area contributed by atoms with Crippen molar-refractivity contribution in [3.05, 3.63) is 33.7 Å². The van der Waals surface area contributed by atoms with Gasteiger partial charge in [-0.3, -0.25) is 9.59 Å². The second-order valence-electron chi connectivity index (χ2n) is 6.41. The number of rotatable bonds is 1. The van der Waals surface area contributed by atoms with E-state index in [0.29, 0.717) is 25.3 Å². The molecule has 1 saturated carbocycles. The molecule has 1 spiro atoms. The fourth-order valence-electron chi connectivity index (χ4n) is 3.51. The molecular weight excluding hydrogens is 329 g/mol. The van der Waals surface area contributed by atoms with Crippen LogP contribution in [0, 0.1) is 5.41 Å². The third-order valence-electron chi connectivity index (χ3n) is 5.20. The minimum Gasteiger partial charge on any atom is -0.392 e. The van der Waals surface area contributed by atoms with Gasteiger partial charge in [0.05, 0.1) is 12.2 Å². The van der Waals surface area contributed by atoms with E-state index in [1.54, 1.807) is 4.98 Å². The van der Waals surface area contributed by atoms with Gasteiger partial charge in [0.2, 0.25) is 0 Å². The fraction of sp³-hybridized carbons (Fsp3) is 0.600. The number of carbonyl (C=O) groups is 1. The Kier molecular flexibility index (Phi) is 3.95. The van der Waals surface area contributed by atoms with Crippen LogP contribution in [-0.2, 0) is 6.18 Å². The molecule has 0 radical (unpaired) electrons. The number of likely N-dealkylation sites (tertiary alicyclic amines) is 1. The summed E-state index contributed by atoms with van der Waals surface area (Å²) in [6.45, 7) is 0.459. The van der Waals surface area contributed by atoms with Crippen LogP contribution in [0.25, 0.3) is 0 Å². The Bertz CT molecular complexity index is 697. The van der Waals surface area contributed by atoms with Crippen LogP contribution in [0.2, 0.25) is 0 Å². The molecule has 6 nitrogen and oxygen atoms in total. The monoisotopic (exact) mass is 346 g/mol. The van der Waals surface area contributed by atoms with E-state index < -0.39 is 41.0 Å². The Balaban J connectivity index is 1.73. The van der Waals surface area contributed by atoms with Crippen molar-refractivity contribution in [3.8, 4) is 0 Å². The van der Waals surface area contributed by atoms with Crippen LogP contribution >= 0.6 is 0 Å². The smallest absolute Gasteiger partial charge is 0.392 e. The lowest BCUT2D eigenvalue weighted by atomic mass is 9.58. The number of nitrogens with one attached hydrogen (secondary N) is 1. The SMILES string of the molecule is O=C(c1ccc(C(F)(F)F)[nH]c1=O)N1CCC2(CC1)[C@H](O)C[C@@H]2O. The van der Waals surface area contributed by atoms with E-state index in [9.17, 15) is 33.0 Å². The van der Waals surface area contributed by atoms with Gasteiger partial charge >= 0.3 is 6.18 Å². The Morgan fingerprint density at radius 1 is 1.21 bits per heavy atom. The van der Waals surface area contributed by atoms with Gasteiger partial charge in [-0.05, 0) is 25.0 Å². The van der Waals surface area contributed by atoms with Gasteiger partial charge in [-0.2, -0.15) is 13.2 Å². The maximum absolute atomic E-state index is 12.5. The third kappa shape index (κ3) is 2.61. The summed E-state index contributed by atoms with van der Waals surface area (Å²) < 4.78 is 37.6. The Hall–Kier alpha value is -1.87. The standard InChI is InChI=1S/C15H17F3N2O4/c16-15(17,18)9-2-1-8(12(23)19-9)13(24)20-5-3-14(4-6-20)10(21)7-11(14)22/h1-2,10-11,21-22H,3-7H2,(H,19,23)/t10-,11+. The third-order valence-corrected chi connectivity index (χ3v) is 5.20. The summed E-state index contributed by atoms with van der Waals surface area (Å²) in [5.41, 5.74) is -3.25. The molecular formula is C15H17F3N2O4. The van der Waals surface area contributed by atoms with E-state index in [1.165, 1.54) is 4.90 Å². The first kappa shape index (κ1) is 17.0. The molecule has 3 rings (SSSR count). The average molecular weight is 346 g/mol. The first-order valence-corrected chi connectivity index (χ1v) is 7.61. The van der Waals surface area contributed by atoms with Crippen LogP contribution in [0.15, 0.2) is 16.9 Å². The van der Waals surface area contributed by atoms with E-state index in [2.05, 4.69) is 0 Å². The van der Waals surface area contributed by atoms with Crippen LogP contribution in [0.1, 0.15) is 35.3 Å². The number of hydrogen-bond acceptors (Lipinski definition) is 4. The van der Waals surface area contributed by atoms with E-state index >= 15 is 0 Å². The minimum atomic E-state index is -4.69. The van der Waals surface area contributed by atoms with Crippen molar-refractivity contribution < 1.29 is 28.2 Å². The number of aliphatic hydroxyl groups is 2. The molecule has 1 aromatic rings. The molecule has 24 heavy (non-hydrogen) atoms. The molecule has 2 heterocycles. The van der Waals surface area contributed by atoms with Crippen LogP contribution in [0.3, 0.4) is 0 Å². The van der Waals surface area contributed by atoms with Gasteiger partial charge in [-0.15, -0.1) is 0 Å². The first-order valence-electron chi connectivity index (χ1n) is 7.61. The number of hydrogen-bond donors (Lipinski definition) is 3. The lowest BCUT2D eigenvalue weighted by Gasteiger charge is -2.54. The first-order chi connectivity index (χ1) is 11.1. The predicted molar refractivity (Wildman–Crippen MR) is 76.3 cm³/mol. The van der Waals surface area contributed by atoms with Gasteiger partial charge in [0, 0.05) is 24.9 Å². The summed E-state index contributed by atoms with van der Waals surface area (Å²) in [6.07, 6.45) is -4.82. The van der Waals surface area contributed by atoms with Crippen molar-refractivity contribution in [2.24, 2.45) is 5.41 Å². The van der Waals surface area contributed by atoms with Gasteiger partial charge in [0.25, 0.3) is 11.5 Å². The average Bonchev–Trinajstić information content (AvgIpc) is 2.53. The zero-order valence-electron chi connectivity index (χ0n) is 12.6. The molecule has 9 heteroatoms. The lowest BCUT2D eigenvalue weighted by Crippen LogP contribution is -2.62. The zero-order chi connectivity index (χ0) is 17.7. The molecule has 2 atom stereocenters. The van der Waals surface area contributed by atoms with E-state index in [1.807, 2.05) is 0 Å². The van der Waals surface area contributed by atoms with Crippen LogP contribution in [0.5, 0.6) is 0 Å². The number of halogens is 3. The molecule has 1 aromatic heterocycles. The number of amides is 1. The molecule has 1 saturated heterocycles. The molecule has 0 aromatic carbocycles. The summed E-state index contributed by atoms with van der Waals surface area (Å²) in [5, 5.41) is 19.7. The summed E-state index contributed by atoms with van der Waals surface area (Å²) >= 11 is 0. The summed E-state index contributed by atoms with van der Waals surface area (Å²) in [7, 11) is 0. The molecule has 1 aliphatic heterocycles. The lowest BCUT2D eigenvalue weighted by molar-refractivity contribution is -0.187. The van der Waals surface area contributed by atoms with Crippen molar-refractivity contribution in [2.75, 3.05) is 13.1 Å². The Morgan fingerprint density at radius 2 is 1.79 bits per heavy atom. The topological polar surface area (TPSA) is 93.6 Å². The zero-order valence-corrected chi connectivity index (χ0v) is 12.6. The van der Waals surface area contributed by atoms with Gasteiger partial charge in [0.1, 0.15) is 11.3 Å². The quantitative estimate of drug-likeness (QED) is 0.699. The number of alkyl halides is 3. The summed E-state index contributed by atoms with van der Waals surface area (Å²) in [4.78, 5) is 27.2. The highest BCUT2D eigenvalue weighted by Crippen LogP contribution is 2.49. The Labute approximate surface area is 134 Å². The number of aliphatic hydroxyl groups excluding tert-OH is 2. The van der Waals surface area contributed by atoms with Crippen molar-refractivity contribution >= 4 is 5.91 Å². The van der Waals surface area contributed by atoms with Gasteiger partial charge in [0.15, 0.2) is 0 Å². The molecule has 0 unspecified atom stereocenters. The van der Waals surface area contributed by atoms with E-state index in [4.69, 9.17) is 0 Å². The molecule has 1 amide bonds. The van der Waals surface area contributed by atoms with Crippen LogP contribution in [-0.4, -0.2) is 51.3 Å². The highest BCUT2D eigenvalue weighted by Gasteiger charge is 2.55. The fourth-order valence-corrected chi connectivity index (χ4v) is 3.51. The maximum atomic E-state index is 12.5. The largest absolute Gasteiger partial charge is 0.431 e. The number of pyridine rings is 1. The molecule has 132 valence electrons. The molecule has 0 bridgehead atoms. The molecule has 3 N–H and O–H groups in total. The summed E-state index contributed by atoms with van der Waals surface area (Å²) in [5.74, 6) is -0.650.